The summed E-state index contributed by atoms with van der Waals surface area (Å²) in [6.07, 6.45) is -6.45. The molecule has 2 atom stereocenters. The second kappa shape index (κ2) is 8.67. The largest absolute Gasteiger partial charge is 0.455 e. The molecule has 6 nitrogen and oxygen atoms in total. The molecule has 2 unspecified atom stereocenters. The van der Waals surface area contributed by atoms with Gasteiger partial charge in [-0.25, -0.2) is 10.9 Å². The van der Waals surface area contributed by atoms with Gasteiger partial charge < -0.3 is 10.5 Å². The predicted octanol–water partition coefficient (Wildman–Crippen LogP) is 3.30. The van der Waals surface area contributed by atoms with Crippen LogP contribution in [0.15, 0.2) is 54.6 Å². The average Bonchev–Trinajstić information content (AvgIpc) is 3.06. The molecule has 1 saturated heterocycles. The molecule has 4 N–H and O–H groups in total. The van der Waals surface area contributed by atoms with E-state index in [2.05, 4.69) is 15.6 Å². The summed E-state index contributed by atoms with van der Waals surface area (Å²) >= 11 is 6.50. The molecule has 1 amide bonds. The van der Waals surface area contributed by atoms with Crippen molar-refractivity contribution in [2.24, 2.45) is 5.73 Å². The second-order valence-corrected chi connectivity index (χ2v) is 7.18. The molecule has 0 aliphatic carbocycles. The van der Waals surface area contributed by atoms with Crippen molar-refractivity contribution in [3.63, 3.8) is 0 Å². The molecule has 1 aliphatic heterocycles. The first-order chi connectivity index (χ1) is 14.5. The zero-order valence-corrected chi connectivity index (χ0v) is 16.6. The van der Waals surface area contributed by atoms with Crippen molar-refractivity contribution in [1.82, 2.24) is 15.3 Å². The fourth-order valence-corrected chi connectivity index (χ4v) is 3.56. The minimum Gasteiger partial charge on any atom is -0.370 e. The predicted molar refractivity (Wildman–Crippen MR) is 101 cm³/mol. The molecule has 3 rings (SSSR count). The van der Waals surface area contributed by atoms with Crippen LogP contribution in [0.1, 0.15) is 22.9 Å². The van der Waals surface area contributed by atoms with Crippen molar-refractivity contribution in [2.45, 2.75) is 30.5 Å². The first-order valence-electron chi connectivity index (χ1n) is 8.94. The van der Waals surface area contributed by atoms with E-state index >= 15 is 0 Å². The van der Waals surface area contributed by atoms with Crippen LogP contribution >= 0.6 is 11.8 Å². The summed E-state index contributed by atoms with van der Waals surface area (Å²) in [5.74, 6) is -5.95. The molecule has 12 heteroatoms. The molecular weight excluding hydrogens is 447 g/mol. The van der Waals surface area contributed by atoms with Gasteiger partial charge in [-0.15, -0.1) is 0 Å². The Morgan fingerprint density at radius 1 is 1.10 bits per heavy atom. The Morgan fingerprint density at radius 2 is 1.71 bits per heavy atom. The number of nitrogens with zero attached hydrogens (tertiary/aromatic N) is 1. The Hall–Kier alpha value is -2.31. The SMILES string of the molecule is NC(=O)C1(c2ccccc2COCC(F)(F)C(F)(F)F)NNC(c2ccccc2)N1Cl. The van der Waals surface area contributed by atoms with E-state index in [0.717, 1.165) is 4.42 Å². The number of hydrogen-bond acceptors (Lipinski definition) is 5. The van der Waals surface area contributed by atoms with Crippen LogP contribution in [0.3, 0.4) is 0 Å². The lowest BCUT2D eigenvalue weighted by molar-refractivity contribution is -0.297. The van der Waals surface area contributed by atoms with E-state index in [1.807, 2.05) is 0 Å². The number of hydrazine groups is 1. The molecule has 2 aromatic carbocycles. The Morgan fingerprint density at radius 3 is 2.32 bits per heavy atom. The minimum absolute atomic E-state index is 0.138. The van der Waals surface area contributed by atoms with Gasteiger partial charge in [-0.05, 0) is 22.9 Å². The number of ether oxygens (including phenoxy) is 1. The van der Waals surface area contributed by atoms with Crippen molar-refractivity contribution < 1.29 is 31.5 Å². The van der Waals surface area contributed by atoms with Gasteiger partial charge in [0.05, 0.1) is 6.61 Å². The highest BCUT2D eigenvalue weighted by Gasteiger charge is 2.58. The minimum atomic E-state index is -5.74. The number of hydrogen-bond donors (Lipinski definition) is 3. The third-order valence-electron chi connectivity index (χ3n) is 4.77. The smallest absolute Gasteiger partial charge is 0.370 e. The van der Waals surface area contributed by atoms with Crippen LogP contribution in [0, 0.1) is 0 Å². The van der Waals surface area contributed by atoms with E-state index in [4.69, 9.17) is 17.5 Å². The van der Waals surface area contributed by atoms with Gasteiger partial charge in [0.1, 0.15) is 12.8 Å². The quantitative estimate of drug-likeness (QED) is 0.433. The molecule has 0 saturated carbocycles. The van der Waals surface area contributed by atoms with Crippen molar-refractivity contribution in [3.8, 4) is 0 Å². The van der Waals surface area contributed by atoms with Crippen LogP contribution in [-0.4, -0.2) is 29.0 Å². The van der Waals surface area contributed by atoms with E-state index < -0.39 is 43.0 Å². The van der Waals surface area contributed by atoms with E-state index in [-0.39, 0.29) is 11.1 Å². The zero-order chi connectivity index (χ0) is 22.9. The molecule has 168 valence electrons. The third-order valence-corrected chi connectivity index (χ3v) is 5.22. The highest BCUT2D eigenvalue weighted by Crippen LogP contribution is 2.40. The maximum absolute atomic E-state index is 13.2. The summed E-state index contributed by atoms with van der Waals surface area (Å²) in [4.78, 5) is 12.5. The normalized spacial score (nSPS) is 22.6. The standard InChI is InChI=1S/C19H18ClF5N4O2/c20-29-15(12-6-2-1-3-7-12)27-28-18(29,16(26)30)14-9-5-4-8-13(14)10-31-11-17(21,22)19(23,24)25/h1-9,15,27-28H,10-11H2,(H2,26,30). The van der Waals surface area contributed by atoms with Crippen molar-refractivity contribution >= 4 is 17.7 Å². The third kappa shape index (κ3) is 4.37. The molecule has 1 fully saturated rings. The number of halogens is 6. The van der Waals surface area contributed by atoms with Gasteiger partial charge in [0, 0.05) is 5.56 Å². The summed E-state index contributed by atoms with van der Waals surface area (Å²) in [5, 5.41) is 0. The van der Waals surface area contributed by atoms with Gasteiger partial charge in [0.25, 0.3) is 5.91 Å². The van der Waals surface area contributed by atoms with Crippen LogP contribution in [-0.2, 0) is 21.8 Å². The van der Waals surface area contributed by atoms with Gasteiger partial charge in [0.15, 0.2) is 0 Å². The number of carbonyl (C=O) groups excluding carboxylic acids is 1. The number of carbonyl (C=O) groups is 1. The first-order valence-corrected chi connectivity index (χ1v) is 9.28. The maximum Gasteiger partial charge on any atom is 0.455 e. The summed E-state index contributed by atoms with van der Waals surface area (Å²) in [5.41, 5.74) is 10.4. The van der Waals surface area contributed by atoms with Crippen molar-refractivity contribution in [1.29, 1.82) is 0 Å². The van der Waals surface area contributed by atoms with Gasteiger partial charge >= 0.3 is 12.1 Å². The number of rotatable bonds is 7. The van der Waals surface area contributed by atoms with E-state index in [1.54, 1.807) is 30.3 Å². The molecular formula is C19H18ClF5N4O2. The molecule has 0 bridgehead atoms. The summed E-state index contributed by atoms with van der Waals surface area (Å²) < 4.78 is 69.2. The molecule has 0 aromatic heterocycles. The van der Waals surface area contributed by atoms with Crippen LogP contribution in [0.25, 0.3) is 0 Å². The summed E-state index contributed by atoms with van der Waals surface area (Å²) in [6.45, 7) is -2.52. The molecule has 1 heterocycles. The number of alkyl halides is 5. The lowest BCUT2D eigenvalue weighted by Gasteiger charge is -2.33. The monoisotopic (exact) mass is 464 g/mol. The average molecular weight is 465 g/mol. The van der Waals surface area contributed by atoms with Crippen LogP contribution in [0.2, 0.25) is 0 Å². The molecule has 31 heavy (non-hydrogen) atoms. The van der Waals surface area contributed by atoms with E-state index in [0.29, 0.717) is 5.56 Å². The highest BCUT2D eigenvalue weighted by molar-refractivity contribution is 6.16. The van der Waals surface area contributed by atoms with Gasteiger partial charge in [0.2, 0.25) is 5.66 Å². The fourth-order valence-electron chi connectivity index (χ4n) is 3.18. The molecule has 2 aromatic rings. The zero-order valence-electron chi connectivity index (χ0n) is 15.8. The van der Waals surface area contributed by atoms with Crippen LogP contribution < -0.4 is 16.6 Å². The fraction of sp³-hybridized carbons (Fsp3) is 0.316. The summed E-state index contributed by atoms with van der Waals surface area (Å²) in [7, 11) is 0. The Balaban J connectivity index is 1.89. The van der Waals surface area contributed by atoms with Crippen LogP contribution in [0.5, 0.6) is 0 Å². The van der Waals surface area contributed by atoms with Crippen molar-refractivity contribution in [3.05, 3.63) is 71.3 Å². The van der Waals surface area contributed by atoms with Gasteiger partial charge in [-0.3, -0.25) is 4.79 Å². The van der Waals surface area contributed by atoms with Gasteiger partial charge in [-0.1, -0.05) is 54.6 Å². The molecule has 1 aliphatic rings. The topological polar surface area (TPSA) is 79.6 Å². The van der Waals surface area contributed by atoms with Gasteiger partial charge in [-0.2, -0.15) is 26.4 Å². The Labute approximate surface area is 179 Å². The lowest BCUT2D eigenvalue weighted by Crippen LogP contribution is -2.56. The maximum atomic E-state index is 13.2. The number of amides is 1. The second-order valence-electron chi connectivity index (χ2n) is 6.82. The lowest BCUT2D eigenvalue weighted by atomic mass is 9.94. The number of nitrogens with one attached hydrogen (secondary N) is 2. The Kier molecular flexibility index (Phi) is 6.53. The van der Waals surface area contributed by atoms with Crippen LogP contribution in [0.4, 0.5) is 22.0 Å². The molecule has 0 radical (unpaired) electrons. The van der Waals surface area contributed by atoms with E-state index in [1.165, 1.54) is 24.3 Å². The number of primary amides is 1. The molecule has 0 spiro atoms. The number of nitrogens with two attached hydrogens (primary N) is 1. The Bertz CT molecular complexity index is 931. The highest BCUT2D eigenvalue weighted by atomic mass is 35.5. The van der Waals surface area contributed by atoms with Crippen molar-refractivity contribution in [2.75, 3.05) is 6.61 Å². The van der Waals surface area contributed by atoms with E-state index in [9.17, 15) is 26.7 Å². The summed E-state index contributed by atoms with van der Waals surface area (Å²) in [6, 6.07) is 14.7. The number of benzene rings is 2. The first kappa shape index (κ1) is 23.4.